The molecule has 2 aromatic rings. The third-order valence-corrected chi connectivity index (χ3v) is 3.49. The van der Waals surface area contributed by atoms with Crippen LogP contribution in [0.2, 0.25) is 5.02 Å². The number of hydrogen-bond donors (Lipinski definition) is 2. The zero-order valence-electron chi connectivity index (χ0n) is 11.9. The first-order valence-corrected chi connectivity index (χ1v) is 6.80. The maximum atomic E-state index is 8.78. The first kappa shape index (κ1) is 15.1. The van der Waals surface area contributed by atoms with Crippen LogP contribution in [0.1, 0.15) is 16.7 Å². The van der Waals surface area contributed by atoms with Crippen LogP contribution in [0.4, 0.5) is 5.82 Å². The molecule has 3 N–H and O–H groups in total. The molecule has 1 heterocycles. The summed E-state index contributed by atoms with van der Waals surface area (Å²) in [4.78, 5) is 6.20. The summed E-state index contributed by atoms with van der Waals surface area (Å²) in [6.07, 6.45) is 1.58. The molecule has 5 nitrogen and oxygen atoms in total. The van der Waals surface area contributed by atoms with Crippen molar-refractivity contribution in [3.8, 4) is 0 Å². The van der Waals surface area contributed by atoms with E-state index in [-0.39, 0.29) is 5.84 Å². The van der Waals surface area contributed by atoms with Gasteiger partial charge < -0.3 is 15.8 Å². The van der Waals surface area contributed by atoms with Gasteiger partial charge in [0, 0.05) is 25.4 Å². The lowest BCUT2D eigenvalue weighted by molar-refractivity contribution is 0.318. The number of pyridine rings is 1. The van der Waals surface area contributed by atoms with Crippen molar-refractivity contribution < 1.29 is 5.21 Å². The van der Waals surface area contributed by atoms with E-state index >= 15 is 0 Å². The van der Waals surface area contributed by atoms with Gasteiger partial charge in [0.05, 0.1) is 5.02 Å². The lowest BCUT2D eigenvalue weighted by atomic mass is 10.1. The summed E-state index contributed by atoms with van der Waals surface area (Å²) in [5, 5.41) is 12.1. The average Bonchev–Trinajstić information content (AvgIpc) is 2.46. The smallest absolute Gasteiger partial charge is 0.171 e. The number of hydrogen-bond acceptors (Lipinski definition) is 4. The summed E-state index contributed by atoms with van der Waals surface area (Å²) >= 11 is 6.30. The van der Waals surface area contributed by atoms with Crippen LogP contribution in [0.15, 0.2) is 41.7 Å². The van der Waals surface area contributed by atoms with Crippen LogP contribution in [-0.2, 0) is 6.54 Å². The molecule has 0 aliphatic carbocycles. The van der Waals surface area contributed by atoms with E-state index in [1.807, 2.05) is 37.1 Å². The number of benzene rings is 1. The van der Waals surface area contributed by atoms with Crippen LogP contribution < -0.4 is 10.6 Å². The molecule has 0 spiro atoms. The van der Waals surface area contributed by atoms with E-state index in [2.05, 4.69) is 16.2 Å². The lowest BCUT2D eigenvalue weighted by Crippen LogP contribution is -2.20. The molecule has 0 unspecified atom stereocenters. The minimum Gasteiger partial charge on any atom is -0.409 e. The second-order valence-electron chi connectivity index (χ2n) is 4.83. The average molecular weight is 305 g/mol. The molecule has 0 aliphatic heterocycles. The zero-order valence-corrected chi connectivity index (χ0v) is 12.7. The molecule has 0 atom stereocenters. The van der Waals surface area contributed by atoms with Gasteiger partial charge in [-0.2, -0.15) is 0 Å². The fourth-order valence-electron chi connectivity index (χ4n) is 2.11. The van der Waals surface area contributed by atoms with Gasteiger partial charge in [-0.1, -0.05) is 46.6 Å². The van der Waals surface area contributed by atoms with Gasteiger partial charge in [-0.05, 0) is 18.6 Å². The summed E-state index contributed by atoms with van der Waals surface area (Å²) in [6, 6.07) is 9.83. The fraction of sp³-hybridized carbons (Fsp3) is 0.200. The number of aryl methyl sites for hydroxylation is 1. The highest BCUT2D eigenvalue weighted by atomic mass is 35.5. The maximum Gasteiger partial charge on any atom is 0.171 e. The summed E-state index contributed by atoms with van der Waals surface area (Å²) < 4.78 is 0. The van der Waals surface area contributed by atoms with Crippen molar-refractivity contribution in [2.45, 2.75) is 13.5 Å². The number of nitrogens with two attached hydrogens (primary N) is 1. The quantitative estimate of drug-likeness (QED) is 0.394. The molecule has 0 saturated heterocycles. The normalized spacial score (nSPS) is 11.5. The SMILES string of the molecule is Cc1cccc(CN(C)c2nccc(/C(N)=N/O)c2Cl)c1. The first-order valence-electron chi connectivity index (χ1n) is 6.42. The number of oxime groups is 1. The minimum absolute atomic E-state index is 0.0346. The third kappa shape index (κ3) is 3.44. The fourth-order valence-corrected chi connectivity index (χ4v) is 2.46. The zero-order chi connectivity index (χ0) is 15.4. The van der Waals surface area contributed by atoms with Gasteiger partial charge >= 0.3 is 0 Å². The van der Waals surface area contributed by atoms with E-state index in [0.29, 0.717) is 22.9 Å². The molecule has 21 heavy (non-hydrogen) atoms. The molecule has 2 rings (SSSR count). The van der Waals surface area contributed by atoms with Gasteiger partial charge in [-0.15, -0.1) is 0 Å². The Morgan fingerprint density at radius 1 is 1.43 bits per heavy atom. The van der Waals surface area contributed by atoms with Crippen molar-refractivity contribution in [3.63, 3.8) is 0 Å². The van der Waals surface area contributed by atoms with Crippen molar-refractivity contribution in [2.75, 3.05) is 11.9 Å². The molecule has 0 radical (unpaired) electrons. The Balaban J connectivity index is 2.29. The number of amidine groups is 1. The van der Waals surface area contributed by atoms with Gasteiger partial charge in [0.15, 0.2) is 5.84 Å². The Hall–Kier alpha value is -2.27. The number of anilines is 1. The van der Waals surface area contributed by atoms with Crippen LogP contribution in [-0.4, -0.2) is 23.1 Å². The van der Waals surface area contributed by atoms with Crippen LogP contribution in [0.25, 0.3) is 0 Å². The highest BCUT2D eigenvalue weighted by molar-refractivity contribution is 6.36. The Kier molecular flexibility index (Phi) is 4.65. The molecule has 0 aliphatic rings. The van der Waals surface area contributed by atoms with Gasteiger partial charge in [-0.25, -0.2) is 4.98 Å². The first-order chi connectivity index (χ1) is 10.0. The van der Waals surface area contributed by atoms with Crippen molar-refractivity contribution >= 4 is 23.3 Å². The van der Waals surface area contributed by atoms with Gasteiger partial charge in [-0.3, -0.25) is 0 Å². The van der Waals surface area contributed by atoms with Crippen molar-refractivity contribution in [1.82, 2.24) is 4.98 Å². The van der Waals surface area contributed by atoms with E-state index in [9.17, 15) is 0 Å². The van der Waals surface area contributed by atoms with Crippen LogP contribution in [0.3, 0.4) is 0 Å². The Morgan fingerprint density at radius 2 is 2.19 bits per heavy atom. The number of nitrogens with zero attached hydrogens (tertiary/aromatic N) is 3. The van der Waals surface area contributed by atoms with Crippen LogP contribution >= 0.6 is 11.6 Å². The number of aromatic nitrogens is 1. The molecule has 0 bridgehead atoms. The molecular formula is C15H17ClN4O. The molecule has 0 fully saturated rings. The van der Waals surface area contributed by atoms with E-state index in [1.54, 1.807) is 12.3 Å². The van der Waals surface area contributed by atoms with Crippen LogP contribution in [0.5, 0.6) is 0 Å². The highest BCUT2D eigenvalue weighted by Gasteiger charge is 2.14. The minimum atomic E-state index is -0.0346. The second-order valence-corrected chi connectivity index (χ2v) is 5.20. The molecule has 6 heteroatoms. The predicted octanol–water partition coefficient (Wildman–Crippen LogP) is 2.77. The van der Waals surface area contributed by atoms with Crippen molar-refractivity contribution in [3.05, 3.63) is 58.2 Å². The van der Waals surface area contributed by atoms with E-state index < -0.39 is 0 Å². The topological polar surface area (TPSA) is 74.7 Å². The standard InChI is InChI=1S/C15H17ClN4O/c1-10-4-3-5-11(8-10)9-20(2)15-13(16)12(6-7-18-15)14(17)19-21/h3-8,21H,9H2,1-2H3,(H2,17,19). The molecule has 0 amide bonds. The molecule has 1 aromatic carbocycles. The lowest BCUT2D eigenvalue weighted by Gasteiger charge is -2.20. The summed E-state index contributed by atoms with van der Waals surface area (Å²) in [5.74, 6) is 0.551. The summed E-state index contributed by atoms with van der Waals surface area (Å²) in [5.41, 5.74) is 8.42. The maximum absolute atomic E-state index is 8.78. The second kappa shape index (κ2) is 6.45. The Morgan fingerprint density at radius 3 is 2.86 bits per heavy atom. The third-order valence-electron chi connectivity index (χ3n) is 3.12. The van der Waals surface area contributed by atoms with E-state index in [0.717, 1.165) is 5.56 Å². The van der Waals surface area contributed by atoms with E-state index in [1.165, 1.54) is 5.56 Å². The van der Waals surface area contributed by atoms with E-state index in [4.69, 9.17) is 22.5 Å². The van der Waals surface area contributed by atoms with Gasteiger partial charge in [0.25, 0.3) is 0 Å². The molecule has 110 valence electrons. The molecule has 1 aromatic heterocycles. The van der Waals surface area contributed by atoms with Gasteiger partial charge in [0.1, 0.15) is 5.82 Å². The van der Waals surface area contributed by atoms with Gasteiger partial charge in [0.2, 0.25) is 0 Å². The number of rotatable bonds is 4. The van der Waals surface area contributed by atoms with Crippen molar-refractivity contribution in [1.29, 1.82) is 0 Å². The monoisotopic (exact) mass is 304 g/mol. The predicted molar refractivity (Wildman–Crippen MR) is 85.0 cm³/mol. The Bertz CT molecular complexity index is 672. The Labute approximate surface area is 128 Å². The molecular weight excluding hydrogens is 288 g/mol. The number of halogens is 1. The van der Waals surface area contributed by atoms with Crippen molar-refractivity contribution in [2.24, 2.45) is 10.9 Å². The summed E-state index contributed by atoms with van der Waals surface area (Å²) in [6.45, 7) is 2.71. The largest absolute Gasteiger partial charge is 0.409 e. The highest BCUT2D eigenvalue weighted by Crippen LogP contribution is 2.27. The molecule has 0 saturated carbocycles. The summed E-state index contributed by atoms with van der Waals surface area (Å²) in [7, 11) is 1.90. The van der Waals surface area contributed by atoms with Crippen LogP contribution in [0, 0.1) is 6.92 Å².